The smallest absolute Gasteiger partial charge is 0.127 e. The first kappa shape index (κ1) is 16.9. The summed E-state index contributed by atoms with van der Waals surface area (Å²) in [6.45, 7) is 12.3. The molecule has 0 saturated carbocycles. The summed E-state index contributed by atoms with van der Waals surface area (Å²) in [5.74, 6) is -0.376. The maximum absolute atomic E-state index is 13.2. The van der Waals surface area contributed by atoms with Crippen LogP contribution in [0.15, 0.2) is 18.2 Å². The monoisotopic (exact) mass is 282 g/mol. The summed E-state index contributed by atoms with van der Waals surface area (Å²) in [7, 11) is 0. The van der Waals surface area contributed by atoms with Crippen LogP contribution in [0.3, 0.4) is 0 Å². The average molecular weight is 282 g/mol. The molecule has 3 nitrogen and oxygen atoms in total. The summed E-state index contributed by atoms with van der Waals surface area (Å²) in [4.78, 5) is 4.68. The lowest BCUT2D eigenvalue weighted by atomic mass is 10.2. The molecule has 0 saturated heterocycles. The van der Waals surface area contributed by atoms with Gasteiger partial charge < -0.3 is 10.0 Å². The second kappa shape index (κ2) is 8.93. The van der Waals surface area contributed by atoms with Crippen molar-refractivity contribution in [1.82, 2.24) is 9.80 Å². The number of rotatable bonds is 9. The van der Waals surface area contributed by atoms with Crippen LogP contribution in [-0.4, -0.2) is 47.6 Å². The fourth-order valence-electron chi connectivity index (χ4n) is 2.39. The second-order valence-corrected chi connectivity index (χ2v) is 5.07. The van der Waals surface area contributed by atoms with Crippen molar-refractivity contribution in [3.8, 4) is 5.75 Å². The van der Waals surface area contributed by atoms with Crippen molar-refractivity contribution < 1.29 is 9.50 Å². The quantitative estimate of drug-likeness (QED) is 0.754. The highest BCUT2D eigenvalue weighted by Crippen LogP contribution is 2.16. The van der Waals surface area contributed by atoms with Crippen molar-refractivity contribution in [1.29, 1.82) is 0 Å². The molecule has 0 aromatic heterocycles. The molecule has 0 fully saturated rings. The van der Waals surface area contributed by atoms with Crippen molar-refractivity contribution in [2.24, 2.45) is 0 Å². The van der Waals surface area contributed by atoms with Crippen LogP contribution in [0.4, 0.5) is 4.39 Å². The fraction of sp³-hybridized carbons (Fsp3) is 0.625. The van der Waals surface area contributed by atoms with E-state index in [9.17, 15) is 9.50 Å². The third-order valence-corrected chi connectivity index (χ3v) is 3.64. The summed E-state index contributed by atoms with van der Waals surface area (Å²) >= 11 is 0. The van der Waals surface area contributed by atoms with Gasteiger partial charge in [-0.2, -0.15) is 0 Å². The van der Waals surface area contributed by atoms with Crippen LogP contribution in [0.5, 0.6) is 5.75 Å². The van der Waals surface area contributed by atoms with E-state index >= 15 is 0 Å². The highest BCUT2D eigenvalue weighted by atomic mass is 19.1. The van der Waals surface area contributed by atoms with Gasteiger partial charge in [0.1, 0.15) is 11.6 Å². The molecule has 0 bridgehead atoms. The third-order valence-electron chi connectivity index (χ3n) is 3.64. The lowest BCUT2D eigenvalue weighted by Gasteiger charge is -2.23. The Bertz CT molecular complexity index is 374. The van der Waals surface area contributed by atoms with E-state index in [1.54, 1.807) is 6.07 Å². The van der Waals surface area contributed by atoms with Crippen molar-refractivity contribution in [3.05, 3.63) is 29.6 Å². The predicted molar refractivity (Wildman–Crippen MR) is 81.4 cm³/mol. The molecule has 1 rings (SSSR count). The SMILES string of the molecule is CCN(CC)CCCN(CC)Cc1cc(O)cc(F)c1. The Hall–Kier alpha value is -1.13. The maximum Gasteiger partial charge on any atom is 0.127 e. The van der Waals surface area contributed by atoms with Gasteiger partial charge in [0.15, 0.2) is 0 Å². The van der Waals surface area contributed by atoms with Crippen LogP contribution in [0.2, 0.25) is 0 Å². The molecule has 0 heterocycles. The van der Waals surface area contributed by atoms with Gasteiger partial charge in [0.05, 0.1) is 0 Å². The van der Waals surface area contributed by atoms with Crippen LogP contribution in [0.25, 0.3) is 0 Å². The Balaban J connectivity index is 2.46. The molecule has 4 heteroatoms. The first-order valence-corrected chi connectivity index (χ1v) is 7.52. The zero-order chi connectivity index (χ0) is 15.0. The first-order valence-electron chi connectivity index (χ1n) is 7.52. The molecule has 1 aromatic carbocycles. The topological polar surface area (TPSA) is 26.7 Å². The minimum Gasteiger partial charge on any atom is -0.508 e. The van der Waals surface area contributed by atoms with Gasteiger partial charge in [0, 0.05) is 12.6 Å². The van der Waals surface area contributed by atoms with Crippen LogP contribution in [-0.2, 0) is 6.54 Å². The van der Waals surface area contributed by atoms with Gasteiger partial charge in [-0.15, -0.1) is 0 Å². The molecule has 114 valence electrons. The first-order chi connectivity index (χ1) is 9.58. The molecule has 0 radical (unpaired) electrons. The average Bonchev–Trinajstić information content (AvgIpc) is 2.41. The van der Waals surface area contributed by atoms with Crippen LogP contribution in [0, 0.1) is 5.82 Å². The highest BCUT2D eigenvalue weighted by Gasteiger charge is 2.07. The molecule has 0 aliphatic carbocycles. The normalized spacial score (nSPS) is 11.5. The summed E-state index contributed by atoms with van der Waals surface area (Å²) in [6.07, 6.45) is 1.11. The predicted octanol–water partition coefficient (Wildman–Crippen LogP) is 3.09. The Morgan fingerprint density at radius 2 is 1.55 bits per heavy atom. The van der Waals surface area contributed by atoms with Gasteiger partial charge in [-0.3, -0.25) is 4.90 Å². The van der Waals surface area contributed by atoms with E-state index in [1.807, 2.05) is 0 Å². The summed E-state index contributed by atoms with van der Waals surface area (Å²) < 4.78 is 13.2. The van der Waals surface area contributed by atoms with Gasteiger partial charge in [-0.25, -0.2) is 4.39 Å². The van der Waals surface area contributed by atoms with Gasteiger partial charge in [-0.1, -0.05) is 20.8 Å². The molecule has 0 aliphatic rings. The molecular weight excluding hydrogens is 255 g/mol. The van der Waals surface area contributed by atoms with Crippen LogP contribution >= 0.6 is 0 Å². The van der Waals surface area contributed by atoms with Crippen molar-refractivity contribution >= 4 is 0 Å². The number of phenolic OH excluding ortho intramolecular Hbond substituents is 1. The molecule has 0 aliphatic heterocycles. The standard InChI is InChI=1S/C16H27FN2O/c1-4-18(5-2)8-7-9-19(6-3)13-14-10-15(17)12-16(20)11-14/h10-12,20H,4-9,13H2,1-3H3. The number of halogens is 1. The molecule has 0 spiro atoms. The van der Waals surface area contributed by atoms with E-state index in [-0.39, 0.29) is 11.6 Å². The van der Waals surface area contributed by atoms with Crippen molar-refractivity contribution in [2.45, 2.75) is 33.7 Å². The Morgan fingerprint density at radius 1 is 0.950 bits per heavy atom. The number of hydrogen-bond donors (Lipinski definition) is 1. The number of benzene rings is 1. The number of aromatic hydroxyl groups is 1. The molecule has 0 atom stereocenters. The minimum absolute atomic E-state index is 0.000746. The van der Waals surface area contributed by atoms with Crippen molar-refractivity contribution in [3.63, 3.8) is 0 Å². The number of hydrogen-bond acceptors (Lipinski definition) is 3. The lowest BCUT2D eigenvalue weighted by Crippen LogP contribution is -2.29. The van der Waals surface area contributed by atoms with E-state index in [4.69, 9.17) is 0 Å². The zero-order valence-corrected chi connectivity index (χ0v) is 12.9. The molecule has 0 amide bonds. The Morgan fingerprint density at radius 3 is 2.10 bits per heavy atom. The third kappa shape index (κ3) is 5.88. The molecule has 1 aromatic rings. The van der Waals surface area contributed by atoms with Gasteiger partial charge in [-0.05, 0) is 56.8 Å². The molecule has 1 N–H and O–H groups in total. The Kier molecular flexibility index (Phi) is 7.55. The second-order valence-electron chi connectivity index (χ2n) is 5.07. The van der Waals surface area contributed by atoms with E-state index in [1.165, 1.54) is 6.07 Å². The fourth-order valence-corrected chi connectivity index (χ4v) is 2.39. The van der Waals surface area contributed by atoms with Gasteiger partial charge in [0.25, 0.3) is 0 Å². The number of phenols is 1. The van der Waals surface area contributed by atoms with Crippen LogP contribution < -0.4 is 0 Å². The maximum atomic E-state index is 13.2. The highest BCUT2D eigenvalue weighted by molar-refractivity contribution is 5.28. The minimum atomic E-state index is -0.376. The lowest BCUT2D eigenvalue weighted by molar-refractivity contribution is 0.238. The summed E-state index contributed by atoms with van der Waals surface area (Å²) in [5, 5.41) is 9.43. The Labute approximate surface area is 122 Å². The van der Waals surface area contributed by atoms with E-state index < -0.39 is 0 Å². The number of nitrogens with zero attached hydrogens (tertiary/aromatic N) is 2. The van der Waals surface area contributed by atoms with E-state index in [2.05, 4.69) is 30.6 Å². The van der Waals surface area contributed by atoms with Gasteiger partial charge >= 0.3 is 0 Å². The summed E-state index contributed by atoms with van der Waals surface area (Å²) in [5.41, 5.74) is 0.826. The molecular formula is C16H27FN2O. The van der Waals surface area contributed by atoms with E-state index in [0.29, 0.717) is 6.54 Å². The molecule has 20 heavy (non-hydrogen) atoms. The van der Waals surface area contributed by atoms with Crippen LogP contribution in [0.1, 0.15) is 32.8 Å². The zero-order valence-electron chi connectivity index (χ0n) is 12.9. The van der Waals surface area contributed by atoms with Crippen molar-refractivity contribution in [2.75, 3.05) is 32.7 Å². The van der Waals surface area contributed by atoms with E-state index in [0.717, 1.165) is 50.8 Å². The largest absolute Gasteiger partial charge is 0.508 e. The summed E-state index contributed by atoms with van der Waals surface area (Å²) in [6, 6.07) is 4.27. The van der Waals surface area contributed by atoms with Gasteiger partial charge in [0.2, 0.25) is 0 Å². The molecule has 0 unspecified atom stereocenters.